The third-order valence-corrected chi connectivity index (χ3v) is 1.59. The molecule has 2 heterocycles. The van der Waals surface area contributed by atoms with Crippen LogP contribution in [0.25, 0.3) is 0 Å². The smallest absolute Gasteiger partial charge is 0.0586 e. The second-order valence-corrected chi connectivity index (χ2v) is 2.21. The van der Waals surface area contributed by atoms with E-state index in [-0.39, 0.29) is 5.48 Å². The molecule has 1 aliphatic rings. The summed E-state index contributed by atoms with van der Waals surface area (Å²) in [5.41, 5.74) is 2.55. The number of hydrogen-bond donors (Lipinski definition) is 1. The fourth-order valence-corrected chi connectivity index (χ4v) is 1.11. The molecule has 0 saturated heterocycles. The maximum absolute atomic E-state index is 4.20. The van der Waals surface area contributed by atoms with Gasteiger partial charge in [-0.2, -0.15) is 0 Å². The highest BCUT2D eigenvalue weighted by atomic mass is 16.0. The Labute approximate surface area is 59.4 Å². The van der Waals surface area contributed by atoms with Gasteiger partial charge in [-0.1, -0.05) is 6.07 Å². The summed E-state index contributed by atoms with van der Waals surface area (Å²) in [5, 5.41) is 3.23. The Bertz CT molecular complexity index is 202. The minimum Gasteiger partial charge on any atom is -0.412 e. The Hall–Kier alpha value is -0.930. The first kappa shape index (κ1) is 7.18. The van der Waals surface area contributed by atoms with E-state index >= 15 is 0 Å². The number of hydrogen-bond acceptors (Lipinski definition) is 2. The quantitative estimate of drug-likeness (QED) is 0.542. The van der Waals surface area contributed by atoms with Crippen molar-refractivity contribution < 1.29 is 5.48 Å². The lowest BCUT2D eigenvalue weighted by molar-refractivity contribution is 0.757. The molecule has 1 aliphatic heterocycles. The van der Waals surface area contributed by atoms with Crippen LogP contribution in [0.3, 0.4) is 0 Å². The van der Waals surface area contributed by atoms with Crippen LogP contribution < -0.4 is 5.32 Å². The summed E-state index contributed by atoms with van der Waals surface area (Å²) in [6.45, 7) is 1.93. The van der Waals surface area contributed by atoms with Crippen molar-refractivity contribution in [3.63, 3.8) is 0 Å². The Kier molecular flexibility index (Phi) is 1.99. The molecule has 0 atom stereocenters. The standard InChI is InChI=1S/C7H8N2.H2O/c1-2-6-4-8-5-7(6)9-3-1;/h1-3,8H,4-5H2;1H2. The van der Waals surface area contributed by atoms with Crippen molar-refractivity contribution in [1.82, 2.24) is 10.3 Å². The van der Waals surface area contributed by atoms with E-state index in [1.165, 1.54) is 11.3 Å². The highest BCUT2D eigenvalue weighted by molar-refractivity contribution is 5.22. The summed E-state index contributed by atoms with van der Waals surface area (Å²) in [4.78, 5) is 4.20. The predicted molar refractivity (Wildman–Crippen MR) is 38.4 cm³/mol. The van der Waals surface area contributed by atoms with Gasteiger partial charge in [-0.15, -0.1) is 0 Å². The van der Waals surface area contributed by atoms with E-state index in [1.807, 2.05) is 12.3 Å². The molecule has 2 rings (SSSR count). The van der Waals surface area contributed by atoms with Crippen LogP contribution in [-0.4, -0.2) is 10.5 Å². The van der Waals surface area contributed by atoms with Crippen molar-refractivity contribution in [2.24, 2.45) is 0 Å². The van der Waals surface area contributed by atoms with Crippen LogP contribution in [0.5, 0.6) is 0 Å². The lowest BCUT2D eigenvalue weighted by Crippen LogP contribution is -2.00. The van der Waals surface area contributed by atoms with Gasteiger partial charge < -0.3 is 10.8 Å². The Morgan fingerprint density at radius 3 is 3.10 bits per heavy atom. The van der Waals surface area contributed by atoms with Crippen LogP contribution in [0.15, 0.2) is 18.3 Å². The van der Waals surface area contributed by atoms with Gasteiger partial charge in [0.1, 0.15) is 0 Å². The summed E-state index contributed by atoms with van der Waals surface area (Å²) in [6.07, 6.45) is 1.84. The molecule has 1 aromatic rings. The summed E-state index contributed by atoms with van der Waals surface area (Å²) in [5.74, 6) is 0. The number of pyridine rings is 1. The summed E-state index contributed by atoms with van der Waals surface area (Å²) >= 11 is 0. The van der Waals surface area contributed by atoms with Crippen molar-refractivity contribution in [1.29, 1.82) is 0 Å². The number of nitrogens with zero attached hydrogens (tertiary/aromatic N) is 1. The topological polar surface area (TPSA) is 56.4 Å². The monoisotopic (exact) mass is 138 g/mol. The van der Waals surface area contributed by atoms with E-state index in [1.54, 1.807) is 0 Å². The third-order valence-electron chi connectivity index (χ3n) is 1.59. The van der Waals surface area contributed by atoms with Crippen LogP contribution in [0.4, 0.5) is 0 Å². The fourth-order valence-electron chi connectivity index (χ4n) is 1.11. The van der Waals surface area contributed by atoms with E-state index < -0.39 is 0 Å². The summed E-state index contributed by atoms with van der Waals surface area (Å²) < 4.78 is 0. The van der Waals surface area contributed by atoms with Crippen molar-refractivity contribution in [3.8, 4) is 0 Å². The first-order valence-corrected chi connectivity index (χ1v) is 3.10. The normalized spacial score (nSPS) is 14.0. The summed E-state index contributed by atoms with van der Waals surface area (Å²) in [6, 6.07) is 4.09. The molecule has 3 heteroatoms. The minimum atomic E-state index is 0. The molecule has 0 bridgehead atoms. The molecule has 0 aromatic carbocycles. The average Bonchev–Trinajstić information content (AvgIpc) is 2.33. The first-order chi connectivity index (χ1) is 4.47. The van der Waals surface area contributed by atoms with Gasteiger partial charge in [0.05, 0.1) is 5.69 Å². The van der Waals surface area contributed by atoms with Crippen molar-refractivity contribution in [3.05, 3.63) is 29.6 Å². The van der Waals surface area contributed by atoms with E-state index in [2.05, 4.69) is 16.4 Å². The van der Waals surface area contributed by atoms with Gasteiger partial charge in [0, 0.05) is 19.3 Å². The van der Waals surface area contributed by atoms with E-state index in [0.29, 0.717) is 0 Å². The molecule has 0 spiro atoms. The fraction of sp³-hybridized carbons (Fsp3) is 0.286. The van der Waals surface area contributed by atoms with Gasteiger partial charge >= 0.3 is 0 Å². The van der Waals surface area contributed by atoms with Crippen LogP contribution >= 0.6 is 0 Å². The molecule has 0 radical (unpaired) electrons. The molecule has 10 heavy (non-hydrogen) atoms. The second kappa shape index (κ2) is 2.77. The summed E-state index contributed by atoms with van der Waals surface area (Å²) in [7, 11) is 0. The molecule has 0 unspecified atom stereocenters. The highest BCUT2D eigenvalue weighted by Gasteiger charge is 2.07. The molecule has 0 saturated carbocycles. The first-order valence-electron chi connectivity index (χ1n) is 3.10. The van der Waals surface area contributed by atoms with Crippen molar-refractivity contribution in [2.75, 3.05) is 0 Å². The van der Waals surface area contributed by atoms with Gasteiger partial charge in [0.2, 0.25) is 0 Å². The lowest BCUT2D eigenvalue weighted by Gasteiger charge is -1.90. The third kappa shape index (κ3) is 1.01. The maximum Gasteiger partial charge on any atom is 0.0586 e. The van der Waals surface area contributed by atoms with E-state index in [4.69, 9.17) is 0 Å². The van der Waals surface area contributed by atoms with E-state index in [0.717, 1.165) is 13.1 Å². The zero-order valence-electron chi connectivity index (χ0n) is 5.59. The molecule has 0 amide bonds. The SMILES string of the molecule is O.c1cnc2c(c1)CNC2. The molecular weight excluding hydrogens is 128 g/mol. The molecule has 3 nitrogen and oxygen atoms in total. The van der Waals surface area contributed by atoms with Crippen molar-refractivity contribution in [2.45, 2.75) is 13.1 Å². The predicted octanol–water partition coefficient (Wildman–Crippen LogP) is -0.140. The Morgan fingerprint density at radius 2 is 2.30 bits per heavy atom. The van der Waals surface area contributed by atoms with Gasteiger partial charge in [0.25, 0.3) is 0 Å². The van der Waals surface area contributed by atoms with Crippen LogP contribution in [0.1, 0.15) is 11.3 Å². The molecule has 1 aromatic heterocycles. The molecule has 0 aliphatic carbocycles. The number of fused-ring (bicyclic) bond motifs is 1. The van der Waals surface area contributed by atoms with Gasteiger partial charge in [0.15, 0.2) is 0 Å². The van der Waals surface area contributed by atoms with Crippen LogP contribution in [0.2, 0.25) is 0 Å². The highest BCUT2D eigenvalue weighted by Crippen LogP contribution is 2.09. The number of aromatic nitrogens is 1. The van der Waals surface area contributed by atoms with Gasteiger partial charge in [-0.3, -0.25) is 4.98 Å². The number of rotatable bonds is 0. The molecule has 54 valence electrons. The van der Waals surface area contributed by atoms with E-state index in [9.17, 15) is 0 Å². The maximum atomic E-state index is 4.20. The zero-order valence-corrected chi connectivity index (χ0v) is 5.59. The van der Waals surface area contributed by atoms with Crippen LogP contribution in [-0.2, 0) is 13.1 Å². The second-order valence-electron chi connectivity index (χ2n) is 2.21. The Morgan fingerprint density at radius 1 is 1.40 bits per heavy atom. The minimum absolute atomic E-state index is 0. The average molecular weight is 138 g/mol. The van der Waals surface area contributed by atoms with Gasteiger partial charge in [-0.25, -0.2) is 0 Å². The van der Waals surface area contributed by atoms with Crippen molar-refractivity contribution >= 4 is 0 Å². The molecule has 0 fully saturated rings. The Balaban J connectivity index is 0.000000500. The molecular formula is C7H10N2O. The van der Waals surface area contributed by atoms with Gasteiger partial charge in [-0.05, 0) is 11.6 Å². The largest absolute Gasteiger partial charge is 0.412 e. The zero-order chi connectivity index (χ0) is 6.10. The molecule has 3 N–H and O–H groups in total. The lowest BCUT2D eigenvalue weighted by atomic mass is 10.2. The van der Waals surface area contributed by atoms with Crippen LogP contribution in [0, 0.1) is 0 Å². The number of nitrogens with one attached hydrogen (secondary N) is 1.